The minimum absolute atomic E-state index is 0.108. The maximum absolute atomic E-state index is 11.5. The first-order valence-corrected chi connectivity index (χ1v) is 7.07. The Morgan fingerprint density at radius 1 is 1.55 bits per heavy atom. The fraction of sp³-hybridized carbons (Fsp3) is 0.643. The Balaban J connectivity index is 2.21. The fourth-order valence-electron chi connectivity index (χ4n) is 2.59. The predicted octanol–water partition coefficient (Wildman–Crippen LogP) is 1.95. The number of hydrogen-bond acceptors (Lipinski definition) is 5. The third-order valence-corrected chi connectivity index (χ3v) is 3.56. The normalized spacial score (nSPS) is 22.6. The molecule has 2 rings (SSSR count). The topological polar surface area (TPSA) is 75.5 Å². The van der Waals surface area contributed by atoms with Crippen molar-refractivity contribution in [1.29, 1.82) is 0 Å². The highest BCUT2D eigenvalue weighted by Crippen LogP contribution is 2.28. The van der Waals surface area contributed by atoms with E-state index < -0.39 is 12.0 Å². The third kappa shape index (κ3) is 3.18. The minimum atomic E-state index is -0.799. The van der Waals surface area contributed by atoms with Gasteiger partial charge in [0, 0.05) is 12.6 Å². The molecule has 1 aromatic rings. The number of ether oxygens (including phenoxy) is 1. The smallest absolute Gasteiger partial charge is 0.326 e. The van der Waals surface area contributed by atoms with Crippen molar-refractivity contribution in [1.82, 2.24) is 9.97 Å². The van der Waals surface area contributed by atoms with Gasteiger partial charge in [-0.05, 0) is 25.2 Å². The first-order valence-electron chi connectivity index (χ1n) is 7.07. The maximum Gasteiger partial charge on any atom is 0.326 e. The zero-order valence-electron chi connectivity index (χ0n) is 12.0. The van der Waals surface area contributed by atoms with Crippen molar-refractivity contribution in [2.24, 2.45) is 5.92 Å². The highest BCUT2D eigenvalue weighted by molar-refractivity contribution is 5.78. The molecule has 1 saturated heterocycles. The van der Waals surface area contributed by atoms with Crippen LogP contribution < -0.4 is 9.64 Å². The molecule has 2 unspecified atom stereocenters. The van der Waals surface area contributed by atoms with Crippen LogP contribution in [0.2, 0.25) is 0 Å². The van der Waals surface area contributed by atoms with E-state index in [-0.39, 0.29) is 5.92 Å². The monoisotopic (exact) mass is 279 g/mol. The Morgan fingerprint density at radius 2 is 2.35 bits per heavy atom. The molecule has 2 atom stereocenters. The second-order valence-electron chi connectivity index (χ2n) is 5.16. The average molecular weight is 279 g/mol. The van der Waals surface area contributed by atoms with E-state index in [1.165, 1.54) is 6.33 Å². The number of aliphatic carboxylic acids is 1. The largest absolute Gasteiger partial charge is 0.480 e. The van der Waals surface area contributed by atoms with Crippen molar-refractivity contribution >= 4 is 11.8 Å². The van der Waals surface area contributed by atoms with Crippen LogP contribution in [-0.2, 0) is 4.79 Å². The summed E-state index contributed by atoms with van der Waals surface area (Å²) in [5.74, 6) is 0.437. The van der Waals surface area contributed by atoms with E-state index in [9.17, 15) is 9.90 Å². The van der Waals surface area contributed by atoms with Gasteiger partial charge in [0.15, 0.2) is 0 Å². The summed E-state index contributed by atoms with van der Waals surface area (Å²) < 4.78 is 5.48. The first-order chi connectivity index (χ1) is 9.63. The summed E-state index contributed by atoms with van der Waals surface area (Å²) in [5, 5.41) is 9.43. The molecule has 20 heavy (non-hydrogen) atoms. The molecule has 0 saturated carbocycles. The number of carboxylic acid groups (broad SMARTS) is 1. The standard InChI is InChI=1S/C14H21N3O3/c1-3-7-20-12-8-11(15-9-16-12)17-6-4-5-10(2)13(17)14(18)19/h8-10,13H,3-7H2,1-2H3,(H,18,19). The van der Waals surface area contributed by atoms with Gasteiger partial charge in [0.25, 0.3) is 0 Å². The Morgan fingerprint density at radius 3 is 3.05 bits per heavy atom. The molecule has 1 fully saturated rings. The van der Waals surface area contributed by atoms with E-state index in [0.717, 1.165) is 19.3 Å². The number of nitrogens with zero attached hydrogens (tertiary/aromatic N) is 3. The lowest BCUT2D eigenvalue weighted by Crippen LogP contribution is -2.49. The molecule has 0 aliphatic carbocycles. The van der Waals surface area contributed by atoms with Crippen LogP contribution in [0.25, 0.3) is 0 Å². The third-order valence-electron chi connectivity index (χ3n) is 3.56. The van der Waals surface area contributed by atoms with E-state index in [2.05, 4.69) is 9.97 Å². The van der Waals surface area contributed by atoms with Gasteiger partial charge >= 0.3 is 5.97 Å². The molecule has 1 aliphatic heterocycles. The van der Waals surface area contributed by atoms with Crippen LogP contribution in [0.4, 0.5) is 5.82 Å². The lowest BCUT2D eigenvalue weighted by atomic mass is 9.91. The van der Waals surface area contributed by atoms with Crippen LogP contribution in [0.1, 0.15) is 33.1 Å². The highest BCUT2D eigenvalue weighted by Gasteiger charge is 2.35. The molecule has 1 aromatic heterocycles. The van der Waals surface area contributed by atoms with E-state index >= 15 is 0 Å². The van der Waals surface area contributed by atoms with Crippen molar-refractivity contribution < 1.29 is 14.6 Å². The second kappa shape index (κ2) is 6.54. The molecule has 110 valence electrons. The Kier molecular flexibility index (Phi) is 4.76. The first kappa shape index (κ1) is 14.6. The van der Waals surface area contributed by atoms with Crippen molar-refractivity contribution in [3.8, 4) is 5.88 Å². The summed E-state index contributed by atoms with van der Waals surface area (Å²) in [5.41, 5.74) is 0. The van der Waals surface area contributed by atoms with Crippen molar-refractivity contribution in [2.75, 3.05) is 18.1 Å². The number of aromatic nitrogens is 2. The predicted molar refractivity (Wildman–Crippen MR) is 75.0 cm³/mol. The van der Waals surface area contributed by atoms with Crippen LogP contribution in [0.3, 0.4) is 0 Å². The summed E-state index contributed by atoms with van der Waals surface area (Å²) in [6.07, 6.45) is 4.23. The lowest BCUT2D eigenvalue weighted by molar-refractivity contribution is -0.140. The molecule has 0 aromatic carbocycles. The van der Waals surface area contributed by atoms with Crippen LogP contribution in [-0.4, -0.2) is 40.2 Å². The van der Waals surface area contributed by atoms with Gasteiger partial charge in [0.05, 0.1) is 6.61 Å². The summed E-state index contributed by atoms with van der Waals surface area (Å²) in [6.45, 7) is 5.29. The van der Waals surface area contributed by atoms with E-state index in [4.69, 9.17) is 4.74 Å². The SMILES string of the molecule is CCCOc1cc(N2CCCC(C)C2C(=O)O)ncn1. The molecule has 0 bridgehead atoms. The summed E-state index contributed by atoms with van der Waals surface area (Å²) in [6, 6.07) is 1.20. The highest BCUT2D eigenvalue weighted by atomic mass is 16.5. The summed E-state index contributed by atoms with van der Waals surface area (Å²) in [7, 11) is 0. The van der Waals surface area contributed by atoms with Gasteiger partial charge in [0.1, 0.15) is 18.2 Å². The molecule has 2 heterocycles. The van der Waals surface area contributed by atoms with Crippen LogP contribution >= 0.6 is 0 Å². The van der Waals surface area contributed by atoms with Crippen LogP contribution in [0.5, 0.6) is 5.88 Å². The average Bonchev–Trinajstić information content (AvgIpc) is 2.44. The molecular formula is C14H21N3O3. The zero-order chi connectivity index (χ0) is 14.5. The molecular weight excluding hydrogens is 258 g/mol. The van der Waals surface area contributed by atoms with Crippen LogP contribution in [0.15, 0.2) is 12.4 Å². The minimum Gasteiger partial charge on any atom is -0.480 e. The van der Waals surface area contributed by atoms with Gasteiger partial charge in [-0.1, -0.05) is 13.8 Å². The molecule has 0 radical (unpaired) electrons. The number of carbonyl (C=O) groups is 1. The summed E-state index contributed by atoms with van der Waals surface area (Å²) in [4.78, 5) is 21.6. The second-order valence-corrected chi connectivity index (χ2v) is 5.16. The number of anilines is 1. The number of carboxylic acids is 1. The zero-order valence-corrected chi connectivity index (χ0v) is 12.0. The Hall–Kier alpha value is -1.85. The van der Waals surface area contributed by atoms with E-state index in [1.54, 1.807) is 6.07 Å². The fourth-order valence-corrected chi connectivity index (χ4v) is 2.59. The molecule has 0 spiro atoms. The molecule has 1 N–H and O–H groups in total. The van der Waals surface area contributed by atoms with Gasteiger partial charge < -0.3 is 14.7 Å². The Labute approximate surface area is 118 Å². The molecule has 6 nitrogen and oxygen atoms in total. The van der Waals surface area contributed by atoms with Crippen molar-refractivity contribution in [2.45, 2.75) is 39.2 Å². The van der Waals surface area contributed by atoms with Crippen LogP contribution in [0, 0.1) is 5.92 Å². The maximum atomic E-state index is 11.5. The molecule has 0 amide bonds. The lowest BCUT2D eigenvalue weighted by Gasteiger charge is -2.38. The molecule has 1 aliphatic rings. The van der Waals surface area contributed by atoms with Crippen molar-refractivity contribution in [3.05, 3.63) is 12.4 Å². The van der Waals surface area contributed by atoms with Gasteiger partial charge in [-0.3, -0.25) is 0 Å². The number of rotatable bonds is 5. The van der Waals surface area contributed by atoms with Crippen molar-refractivity contribution in [3.63, 3.8) is 0 Å². The van der Waals surface area contributed by atoms with Gasteiger partial charge in [-0.25, -0.2) is 14.8 Å². The quantitative estimate of drug-likeness (QED) is 0.888. The summed E-state index contributed by atoms with van der Waals surface area (Å²) >= 11 is 0. The Bertz CT molecular complexity index is 467. The molecule has 6 heteroatoms. The van der Waals surface area contributed by atoms with Gasteiger partial charge in [0.2, 0.25) is 5.88 Å². The van der Waals surface area contributed by atoms with Gasteiger partial charge in [-0.2, -0.15) is 0 Å². The van der Waals surface area contributed by atoms with E-state index in [0.29, 0.717) is 24.8 Å². The number of hydrogen-bond donors (Lipinski definition) is 1. The number of piperidine rings is 1. The van der Waals surface area contributed by atoms with Gasteiger partial charge in [-0.15, -0.1) is 0 Å². The van der Waals surface area contributed by atoms with E-state index in [1.807, 2.05) is 18.7 Å².